The van der Waals surface area contributed by atoms with E-state index in [0.29, 0.717) is 17.3 Å². The van der Waals surface area contributed by atoms with Crippen molar-refractivity contribution >= 4 is 17.7 Å². The molecule has 3 N–H and O–H groups in total. The maximum Gasteiger partial charge on any atom is 0.188 e. The Bertz CT molecular complexity index is 243. The highest BCUT2D eigenvalue weighted by Crippen LogP contribution is 2.25. The molecule has 3 nitrogen and oxygen atoms in total. The number of nitrogens with zero attached hydrogens (tertiary/aromatic N) is 1. The first-order valence-corrected chi connectivity index (χ1v) is 8.07. The second-order valence-corrected chi connectivity index (χ2v) is 6.60. The zero-order valence-corrected chi connectivity index (χ0v) is 11.5. The van der Waals surface area contributed by atoms with Gasteiger partial charge in [-0.3, -0.25) is 4.99 Å². The second-order valence-electron chi connectivity index (χ2n) is 5.19. The van der Waals surface area contributed by atoms with E-state index in [2.05, 4.69) is 22.1 Å². The summed E-state index contributed by atoms with van der Waals surface area (Å²) in [4.78, 5) is 4.50. The minimum atomic E-state index is 0.575. The van der Waals surface area contributed by atoms with E-state index < -0.39 is 0 Å². The third kappa shape index (κ3) is 4.78. The molecule has 1 saturated heterocycles. The molecule has 1 aliphatic heterocycles. The van der Waals surface area contributed by atoms with Crippen molar-refractivity contribution < 1.29 is 0 Å². The van der Waals surface area contributed by atoms with Crippen LogP contribution < -0.4 is 11.1 Å². The smallest absolute Gasteiger partial charge is 0.188 e. The Morgan fingerprint density at radius 3 is 2.59 bits per heavy atom. The quantitative estimate of drug-likeness (QED) is 0.602. The largest absolute Gasteiger partial charge is 0.370 e. The molecule has 0 aromatic heterocycles. The van der Waals surface area contributed by atoms with Gasteiger partial charge >= 0.3 is 0 Å². The third-order valence-electron chi connectivity index (χ3n) is 3.70. The predicted molar refractivity (Wildman–Crippen MR) is 76.6 cm³/mol. The van der Waals surface area contributed by atoms with E-state index in [0.717, 1.165) is 6.54 Å². The maximum absolute atomic E-state index is 5.95. The molecule has 0 radical (unpaired) electrons. The number of guanidine groups is 1. The summed E-state index contributed by atoms with van der Waals surface area (Å²) in [6.45, 7) is 0.899. The number of thioether (sulfide) groups is 1. The number of rotatable bonds is 3. The fourth-order valence-electron chi connectivity index (χ4n) is 2.65. The predicted octanol–water partition coefficient (Wildman–Crippen LogP) is 2.51. The van der Waals surface area contributed by atoms with E-state index >= 15 is 0 Å². The maximum atomic E-state index is 5.95. The standard InChI is InChI=1S/C13H25N3S/c14-13(16-11-6-2-1-3-7-11)15-10-12-8-4-5-9-17-12/h11-12H,1-10H2,(H3,14,15,16). The van der Waals surface area contributed by atoms with Gasteiger partial charge in [-0.15, -0.1) is 0 Å². The Labute approximate surface area is 109 Å². The summed E-state index contributed by atoms with van der Waals surface area (Å²) >= 11 is 2.06. The first kappa shape index (κ1) is 13.1. The molecule has 1 atom stereocenters. The molecule has 1 heterocycles. The SMILES string of the molecule is NC(=NCC1CCCCS1)NC1CCCCC1. The Morgan fingerprint density at radius 2 is 1.88 bits per heavy atom. The van der Waals surface area contributed by atoms with Crippen LogP contribution in [-0.4, -0.2) is 29.5 Å². The lowest BCUT2D eigenvalue weighted by Crippen LogP contribution is -2.41. The van der Waals surface area contributed by atoms with Crippen LogP contribution >= 0.6 is 11.8 Å². The fraction of sp³-hybridized carbons (Fsp3) is 0.923. The minimum absolute atomic E-state index is 0.575. The van der Waals surface area contributed by atoms with Crippen molar-refractivity contribution in [3.63, 3.8) is 0 Å². The van der Waals surface area contributed by atoms with Crippen LogP contribution in [0.4, 0.5) is 0 Å². The van der Waals surface area contributed by atoms with Crippen LogP contribution in [0.1, 0.15) is 51.4 Å². The van der Waals surface area contributed by atoms with E-state index in [-0.39, 0.29) is 0 Å². The molecule has 1 aliphatic carbocycles. The van der Waals surface area contributed by atoms with E-state index in [1.807, 2.05) is 0 Å². The summed E-state index contributed by atoms with van der Waals surface area (Å²) in [5, 5.41) is 4.08. The van der Waals surface area contributed by atoms with Gasteiger partial charge in [0.05, 0.1) is 6.54 Å². The molecule has 2 aliphatic rings. The minimum Gasteiger partial charge on any atom is -0.370 e. The van der Waals surface area contributed by atoms with Gasteiger partial charge < -0.3 is 11.1 Å². The van der Waals surface area contributed by atoms with Crippen LogP contribution in [0.5, 0.6) is 0 Å². The monoisotopic (exact) mass is 255 g/mol. The molecule has 1 saturated carbocycles. The van der Waals surface area contributed by atoms with Crippen LogP contribution in [-0.2, 0) is 0 Å². The molecule has 17 heavy (non-hydrogen) atoms. The number of nitrogens with one attached hydrogen (secondary N) is 1. The van der Waals surface area contributed by atoms with Crippen LogP contribution in [0.25, 0.3) is 0 Å². The highest BCUT2D eigenvalue weighted by molar-refractivity contribution is 7.99. The van der Waals surface area contributed by atoms with Gasteiger partial charge in [-0.25, -0.2) is 0 Å². The summed E-state index contributed by atoms with van der Waals surface area (Å²) in [7, 11) is 0. The number of aliphatic imine (C=N–C) groups is 1. The second kappa shape index (κ2) is 7.14. The van der Waals surface area contributed by atoms with Crippen molar-refractivity contribution in [2.75, 3.05) is 12.3 Å². The Kier molecular flexibility index (Phi) is 5.49. The summed E-state index contributed by atoms with van der Waals surface area (Å²) in [6, 6.07) is 0.575. The van der Waals surface area contributed by atoms with Crippen LogP contribution in [0.15, 0.2) is 4.99 Å². The average molecular weight is 255 g/mol. The zero-order valence-electron chi connectivity index (χ0n) is 10.7. The van der Waals surface area contributed by atoms with Crippen molar-refractivity contribution in [1.29, 1.82) is 0 Å². The molecular weight excluding hydrogens is 230 g/mol. The van der Waals surface area contributed by atoms with Gasteiger partial charge in [0, 0.05) is 11.3 Å². The lowest BCUT2D eigenvalue weighted by Gasteiger charge is -2.24. The molecule has 2 rings (SSSR count). The summed E-state index contributed by atoms with van der Waals surface area (Å²) in [5.41, 5.74) is 5.95. The van der Waals surface area contributed by atoms with Gasteiger partial charge in [0.2, 0.25) is 0 Å². The van der Waals surface area contributed by atoms with E-state index in [1.165, 1.54) is 57.1 Å². The van der Waals surface area contributed by atoms with E-state index in [4.69, 9.17) is 5.73 Å². The highest BCUT2D eigenvalue weighted by atomic mass is 32.2. The van der Waals surface area contributed by atoms with Gasteiger partial charge in [-0.1, -0.05) is 25.7 Å². The summed E-state index contributed by atoms with van der Waals surface area (Å²) in [5.74, 6) is 1.97. The van der Waals surface area contributed by atoms with Crippen molar-refractivity contribution in [3.8, 4) is 0 Å². The van der Waals surface area contributed by atoms with Gasteiger partial charge in [0.25, 0.3) is 0 Å². The van der Waals surface area contributed by atoms with Gasteiger partial charge in [-0.05, 0) is 31.4 Å². The molecule has 0 amide bonds. The highest BCUT2D eigenvalue weighted by Gasteiger charge is 2.15. The van der Waals surface area contributed by atoms with Crippen LogP contribution in [0.3, 0.4) is 0 Å². The molecule has 0 bridgehead atoms. The Morgan fingerprint density at radius 1 is 1.12 bits per heavy atom. The Hall–Kier alpha value is -0.380. The molecule has 0 aromatic rings. The molecule has 0 aromatic carbocycles. The summed E-state index contributed by atoms with van der Waals surface area (Å²) in [6.07, 6.45) is 10.6. The average Bonchev–Trinajstić information content (AvgIpc) is 2.39. The number of hydrogen-bond donors (Lipinski definition) is 2. The first-order chi connectivity index (χ1) is 8.34. The van der Waals surface area contributed by atoms with Gasteiger partial charge in [-0.2, -0.15) is 11.8 Å². The van der Waals surface area contributed by atoms with Crippen molar-refractivity contribution in [1.82, 2.24) is 5.32 Å². The number of nitrogens with two attached hydrogens (primary N) is 1. The molecule has 98 valence electrons. The molecule has 0 spiro atoms. The van der Waals surface area contributed by atoms with Crippen molar-refractivity contribution in [2.24, 2.45) is 10.7 Å². The molecule has 4 heteroatoms. The fourth-order valence-corrected chi connectivity index (χ4v) is 3.87. The molecule has 2 fully saturated rings. The molecule has 1 unspecified atom stereocenters. The van der Waals surface area contributed by atoms with Crippen molar-refractivity contribution in [3.05, 3.63) is 0 Å². The van der Waals surface area contributed by atoms with Gasteiger partial charge in [0.1, 0.15) is 0 Å². The molecular formula is C13H25N3S. The lowest BCUT2D eigenvalue weighted by molar-refractivity contribution is 0.412. The zero-order chi connectivity index (χ0) is 11.9. The van der Waals surface area contributed by atoms with E-state index in [1.54, 1.807) is 0 Å². The third-order valence-corrected chi connectivity index (χ3v) is 5.08. The van der Waals surface area contributed by atoms with E-state index in [9.17, 15) is 0 Å². The topological polar surface area (TPSA) is 50.4 Å². The first-order valence-electron chi connectivity index (χ1n) is 7.02. The number of hydrogen-bond acceptors (Lipinski definition) is 2. The Balaban J connectivity index is 1.68. The lowest BCUT2D eigenvalue weighted by atomic mass is 9.96. The summed E-state index contributed by atoms with van der Waals surface area (Å²) < 4.78 is 0. The van der Waals surface area contributed by atoms with Crippen LogP contribution in [0, 0.1) is 0 Å². The normalized spacial score (nSPS) is 28.0. The van der Waals surface area contributed by atoms with Crippen molar-refractivity contribution in [2.45, 2.75) is 62.7 Å². The van der Waals surface area contributed by atoms with Gasteiger partial charge in [0.15, 0.2) is 5.96 Å². The van der Waals surface area contributed by atoms with Crippen LogP contribution in [0.2, 0.25) is 0 Å².